The number of hydrogen-bond donors (Lipinski definition) is 0. The summed E-state index contributed by atoms with van der Waals surface area (Å²) < 4.78 is 33.9. The third kappa shape index (κ3) is 5.44. The fourth-order valence-electron chi connectivity index (χ4n) is 4.08. The van der Waals surface area contributed by atoms with E-state index in [-0.39, 0.29) is 11.8 Å². The van der Waals surface area contributed by atoms with Crippen LogP contribution in [0, 0.1) is 5.92 Å². The van der Waals surface area contributed by atoms with Crippen molar-refractivity contribution in [2.24, 2.45) is 5.92 Å². The van der Waals surface area contributed by atoms with Crippen LogP contribution in [-0.4, -0.2) is 75.9 Å². The number of nitrogens with zero attached hydrogens (tertiary/aromatic N) is 4. The molecule has 3 aromatic rings. The summed E-state index contributed by atoms with van der Waals surface area (Å²) in [5.74, 6) is 0.557. The zero-order valence-electron chi connectivity index (χ0n) is 19.6. The summed E-state index contributed by atoms with van der Waals surface area (Å²) >= 11 is 2.71. The van der Waals surface area contributed by atoms with E-state index in [1.165, 1.54) is 27.0 Å². The highest BCUT2D eigenvalue weighted by atomic mass is 32.2. The highest BCUT2D eigenvalue weighted by Gasteiger charge is 2.35. The molecule has 0 unspecified atom stereocenters. The molecule has 184 valence electrons. The molecule has 2 aromatic heterocycles. The van der Waals surface area contributed by atoms with Crippen LogP contribution in [0.4, 0.5) is 5.13 Å². The van der Waals surface area contributed by atoms with Gasteiger partial charge in [0.25, 0.3) is 10.0 Å². The number of methoxy groups -OCH3 is 1. The van der Waals surface area contributed by atoms with Crippen LogP contribution < -0.4 is 9.64 Å². The molecule has 1 saturated heterocycles. The number of thiophene rings is 1. The molecule has 1 aliphatic rings. The van der Waals surface area contributed by atoms with Crippen molar-refractivity contribution in [1.29, 1.82) is 0 Å². The number of fused-ring (bicyclic) bond motifs is 1. The minimum Gasteiger partial charge on any atom is -0.497 e. The van der Waals surface area contributed by atoms with Crippen LogP contribution in [0.5, 0.6) is 5.75 Å². The van der Waals surface area contributed by atoms with Crippen molar-refractivity contribution in [2.45, 2.75) is 23.5 Å². The van der Waals surface area contributed by atoms with E-state index >= 15 is 0 Å². The van der Waals surface area contributed by atoms with Crippen LogP contribution in [0.15, 0.2) is 39.9 Å². The molecule has 8 nitrogen and oxygen atoms in total. The number of amides is 1. The van der Waals surface area contributed by atoms with Gasteiger partial charge in [0.1, 0.15) is 9.96 Å². The molecule has 1 fully saturated rings. The Morgan fingerprint density at radius 1 is 1.21 bits per heavy atom. The van der Waals surface area contributed by atoms with Crippen LogP contribution in [0.1, 0.15) is 19.3 Å². The molecule has 3 heterocycles. The van der Waals surface area contributed by atoms with Crippen molar-refractivity contribution in [3.05, 3.63) is 35.7 Å². The third-order valence-electron chi connectivity index (χ3n) is 5.96. The molecule has 0 spiro atoms. The SMILES string of the molecule is COc1ccc2nc(N(CCCN(C)C)C(=O)C3CCN(S(=O)(=O)c4cccs4)CC3)sc2c1. The van der Waals surface area contributed by atoms with Crippen LogP contribution in [0.3, 0.4) is 0 Å². The van der Waals surface area contributed by atoms with Crippen molar-refractivity contribution in [1.82, 2.24) is 14.2 Å². The summed E-state index contributed by atoms with van der Waals surface area (Å²) in [6.07, 6.45) is 1.84. The molecule has 11 heteroatoms. The van der Waals surface area contributed by atoms with Gasteiger partial charge in [-0.25, -0.2) is 13.4 Å². The zero-order chi connectivity index (χ0) is 24.3. The molecule has 1 amide bonds. The van der Waals surface area contributed by atoms with Gasteiger partial charge in [-0.2, -0.15) is 4.31 Å². The Hall–Kier alpha value is -2.05. The predicted molar refractivity (Wildman–Crippen MR) is 137 cm³/mol. The molecule has 0 radical (unpaired) electrons. The summed E-state index contributed by atoms with van der Waals surface area (Å²) in [5.41, 5.74) is 0.836. The number of hydrogen-bond acceptors (Lipinski definition) is 8. The fourth-order valence-corrected chi connectivity index (χ4v) is 7.72. The van der Waals surface area contributed by atoms with E-state index in [1.807, 2.05) is 32.3 Å². The van der Waals surface area contributed by atoms with Gasteiger partial charge in [-0.15, -0.1) is 11.3 Å². The number of carbonyl (C=O) groups excluding carboxylic acids is 1. The average molecular weight is 523 g/mol. The lowest BCUT2D eigenvalue weighted by atomic mass is 9.96. The lowest BCUT2D eigenvalue weighted by Crippen LogP contribution is -2.45. The monoisotopic (exact) mass is 522 g/mol. The van der Waals surface area contributed by atoms with Gasteiger partial charge in [0, 0.05) is 25.6 Å². The standard InChI is InChI=1S/C23H30N4O4S3/c1-25(2)11-5-12-27(23-24-19-8-7-18(31-3)16-20(19)33-23)22(28)17-9-13-26(14-10-17)34(29,30)21-6-4-15-32-21/h4,6-8,15-17H,5,9-14H2,1-3H3. The molecule has 34 heavy (non-hydrogen) atoms. The second-order valence-corrected chi connectivity index (χ2v) is 12.7. The number of carbonyl (C=O) groups is 1. The first-order valence-electron chi connectivity index (χ1n) is 11.2. The number of benzene rings is 1. The van der Waals surface area contributed by atoms with Crippen LogP contribution in [-0.2, 0) is 14.8 Å². The Kier molecular flexibility index (Phi) is 7.88. The van der Waals surface area contributed by atoms with Gasteiger partial charge in [0.2, 0.25) is 5.91 Å². The number of rotatable bonds is 9. The molecule has 0 bridgehead atoms. The van der Waals surface area contributed by atoms with Crippen molar-refractivity contribution >= 4 is 54.0 Å². The van der Waals surface area contributed by atoms with E-state index < -0.39 is 10.0 Å². The third-order valence-corrected chi connectivity index (χ3v) is 10.3. The van der Waals surface area contributed by atoms with E-state index in [1.54, 1.807) is 29.5 Å². The van der Waals surface area contributed by atoms with E-state index in [0.717, 1.165) is 28.9 Å². The minimum atomic E-state index is -3.49. The highest BCUT2D eigenvalue weighted by molar-refractivity contribution is 7.91. The maximum atomic E-state index is 13.6. The summed E-state index contributed by atoms with van der Waals surface area (Å²) in [6.45, 7) is 2.13. The largest absolute Gasteiger partial charge is 0.497 e. The first-order chi connectivity index (χ1) is 16.3. The Morgan fingerprint density at radius 3 is 2.62 bits per heavy atom. The van der Waals surface area contributed by atoms with E-state index in [9.17, 15) is 13.2 Å². The van der Waals surface area contributed by atoms with Gasteiger partial charge in [-0.3, -0.25) is 9.69 Å². The summed E-state index contributed by atoms with van der Waals surface area (Å²) in [5, 5.41) is 2.45. The van der Waals surface area contributed by atoms with Gasteiger partial charge >= 0.3 is 0 Å². The molecule has 0 saturated carbocycles. The van der Waals surface area contributed by atoms with E-state index in [4.69, 9.17) is 9.72 Å². The molecule has 0 aliphatic carbocycles. The minimum absolute atomic E-state index is 0.0259. The van der Waals surface area contributed by atoms with Crippen molar-refractivity contribution in [3.63, 3.8) is 0 Å². The van der Waals surface area contributed by atoms with Gasteiger partial charge in [0.05, 0.1) is 17.3 Å². The molecule has 0 N–H and O–H groups in total. The summed E-state index contributed by atoms with van der Waals surface area (Å²) in [7, 11) is 2.17. The highest BCUT2D eigenvalue weighted by Crippen LogP contribution is 2.34. The number of sulfonamides is 1. The van der Waals surface area contributed by atoms with Gasteiger partial charge in [0.15, 0.2) is 5.13 Å². The molecule has 1 aromatic carbocycles. The quantitative estimate of drug-likeness (QED) is 0.426. The predicted octanol–water partition coefficient (Wildman–Crippen LogP) is 3.75. The topological polar surface area (TPSA) is 83.1 Å². The number of thiazole rings is 1. The van der Waals surface area contributed by atoms with Gasteiger partial charge < -0.3 is 9.64 Å². The molecular formula is C23H30N4O4S3. The normalized spacial score (nSPS) is 15.8. The first kappa shape index (κ1) is 25.1. The molecule has 0 atom stereocenters. The Labute approximate surface area is 208 Å². The van der Waals surface area contributed by atoms with E-state index in [0.29, 0.717) is 41.8 Å². The number of piperidine rings is 1. The second-order valence-electron chi connectivity index (χ2n) is 8.59. The smallest absolute Gasteiger partial charge is 0.252 e. The number of ether oxygens (including phenoxy) is 1. The van der Waals surface area contributed by atoms with Crippen LogP contribution in [0.2, 0.25) is 0 Å². The average Bonchev–Trinajstić information content (AvgIpc) is 3.51. The van der Waals surface area contributed by atoms with Gasteiger partial charge in [-0.05, 0) is 69.5 Å². The number of anilines is 1. The number of aromatic nitrogens is 1. The fraction of sp³-hybridized carbons (Fsp3) is 0.478. The Bertz CT molecular complexity index is 1220. The lowest BCUT2D eigenvalue weighted by molar-refractivity contribution is -0.123. The van der Waals surface area contributed by atoms with Crippen molar-refractivity contribution in [2.75, 3.05) is 52.3 Å². The maximum absolute atomic E-state index is 13.6. The van der Waals surface area contributed by atoms with E-state index in [2.05, 4.69) is 4.90 Å². The van der Waals surface area contributed by atoms with Crippen LogP contribution in [0.25, 0.3) is 10.2 Å². The first-order valence-corrected chi connectivity index (χ1v) is 14.4. The Morgan fingerprint density at radius 2 is 1.97 bits per heavy atom. The molecule has 1 aliphatic heterocycles. The lowest BCUT2D eigenvalue weighted by Gasteiger charge is -2.32. The summed E-state index contributed by atoms with van der Waals surface area (Å²) in [6, 6.07) is 9.09. The maximum Gasteiger partial charge on any atom is 0.252 e. The zero-order valence-corrected chi connectivity index (χ0v) is 22.1. The summed E-state index contributed by atoms with van der Waals surface area (Å²) in [4.78, 5) is 22.3. The molecule has 4 rings (SSSR count). The van der Waals surface area contributed by atoms with Gasteiger partial charge in [-0.1, -0.05) is 17.4 Å². The second kappa shape index (κ2) is 10.7. The van der Waals surface area contributed by atoms with Crippen molar-refractivity contribution < 1.29 is 17.9 Å². The Balaban J connectivity index is 1.51. The van der Waals surface area contributed by atoms with Crippen molar-refractivity contribution in [3.8, 4) is 5.75 Å². The molecular weight excluding hydrogens is 492 g/mol. The van der Waals surface area contributed by atoms with Crippen LogP contribution >= 0.6 is 22.7 Å².